The summed E-state index contributed by atoms with van der Waals surface area (Å²) in [6.45, 7) is 1.15. The molecule has 1 fully saturated rings. The lowest BCUT2D eigenvalue weighted by Crippen LogP contribution is -2.42. The smallest absolute Gasteiger partial charge is 0.330 e. The van der Waals surface area contributed by atoms with Crippen LogP contribution in [0, 0.1) is 6.92 Å². The summed E-state index contributed by atoms with van der Waals surface area (Å²) >= 11 is 0. The van der Waals surface area contributed by atoms with Gasteiger partial charge < -0.3 is 15.2 Å². The van der Waals surface area contributed by atoms with Crippen molar-refractivity contribution in [2.24, 2.45) is 0 Å². The van der Waals surface area contributed by atoms with E-state index in [0.717, 1.165) is 4.57 Å². The molecule has 0 spiro atoms. The quantitative estimate of drug-likeness (QED) is 0.633. The second-order valence-corrected chi connectivity index (χ2v) is 4.49. The zero-order chi connectivity index (χ0) is 14.2. The maximum absolute atomic E-state index is 14.2. The highest BCUT2D eigenvalue weighted by molar-refractivity contribution is 5.03. The molecule has 1 aliphatic rings. The molecule has 0 radical (unpaired) electrons. The van der Waals surface area contributed by atoms with Crippen LogP contribution >= 0.6 is 0 Å². The van der Waals surface area contributed by atoms with Crippen LogP contribution in [0.2, 0.25) is 0 Å². The van der Waals surface area contributed by atoms with E-state index in [1.54, 1.807) is 7.05 Å². The van der Waals surface area contributed by atoms with Gasteiger partial charge in [0.2, 0.25) is 0 Å². The molecule has 1 unspecified atom stereocenters. The molecule has 2 heterocycles. The third-order valence-electron chi connectivity index (χ3n) is 3.26. The number of aliphatic hydroxyl groups is 1. The Morgan fingerprint density at radius 1 is 1.58 bits per heavy atom. The summed E-state index contributed by atoms with van der Waals surface area (Å²) in [5.74, 6) is 0. The molecule has 1 aliphatic heterocycles. The van der Waals surface area contributed by atoms with Gasteiger partial charge in [0.15, 0.2) is 12.4 Å². The number of aromatic nitrogens is 2. The number of rotatable bonds is 3. The minimum Gasteiger partial charge on any atom is -0.394 e. The second-order valence-electron chi connectivity index (χ2n) is 4.49. The van der Waals surface area contributed by atoms with Gasteiger partial charge >= 0.3 is 5.69 Å². The molecule has 1 saturated heterocycles. The van der Waals surface area contributed by atoms with Crippen molar-refractivity contribution in [3.05, 3.63) is 32.6 Å². The van der Waals surface area contributed by atoms with Gasteiger partial charge in [-0.05, 0) is 14.0 Å². The van der Waals surface area contributed by atoms with Crippen molar-refractivity contribution in [1.82, 2.24) is 14.9 Å². The van der Waals surface area contributed by atoms with Gasteiger partial charge in [-0.1, -0.05) is 0 Å². The third-order valence-corrected chi connectivity index (χ3v) is 3.26. The summed E-state index contributed by atoms with van der Waals surface area (Å²) < 4.78 is 20.6. The number of likely N-dealkylation sites (N-methyl/N-ethyl adjacent to an activating group) is 1. The minimum absolute atomic E-state index is 0.281. The predicted octanol–water partition coefficient (Wildman–Crippen LogP) is -1.34. The van der Waals surface area contributed by atoms with Gasteiger partial charge in [-0.3, -0.25) is 14.3 Å². The van der Waals surface area contributed by atoms with Crippen molar-refractivity contribution in [2.75, 3.05) is 13.7 Å². The van der Waals surface area contributed by atoms with Gasteiger partial charge in [-0.25, -0.2) is 9.18 Å². The van der Waals surface area contributed by atoms with E-state index in [-0.39, 0.29) is 12.2 Å². The zero-order valence-corrected chi connectivity index (χ0v) is 10.6. The molecular weight excluding hydrogens is 257 g/mol. The van der Waals surface area contributed by atoms with E-state index < -0.39 is 35.8 Å². The standard InChI is InChI=1S/C11H16FN3O4/c1-5-3-15(11(18)14-9(5)17)10-7(12)8(13-2)6(4-16)19-10/h3,6-8,10,13,16H,4H2,1-2H3,(H,14,17,18)/t6-,7+,8+,10?/m1/s1. The molecule has 3 N–H and O–H groups in total. The summed E-state index contributed by atoms with van der Waals surface area (Å²) in [6, 6.07) is -0.714. The number of nitrogens with one attached hydrogen (secondary N) is 2. The van der Waals surface area contributed by atoms with Crippen LogP contribution < -0.4 is 16.6 Å². The van der Waals surface area contributed by atoms with Gasteiger partial charge in [0.1, 0.15) is 6.10 Å². The number of alkyl halides is 1. The number of H-pyrrole nitrogens is 1. The van der Waals surface area contributed by atoms with Gasteiger partial charge in [0.05, 0.1) is 12.6 Å². The Morgan fingerprint density at radius 3 is 2.79 bits per heavy atom. The molecule has 1 aromatic heterocycles. The Kier molecular flexibility index (Phi) is 3.83. The zero-order valence-electron chi connectivity index (χ0n) is 10.6. The first-order valence-electron chi connectivity index (χ1n) is 5.89. The number of hydrogen-bond donors (Lipinski definition) is 3. The molecule has 0 aliphatic carbocycles. The lowest BCUT2D eigenvalue weighted by Gasteiger charge is -2.17. The van der Waals surface area contributed by atoms with Gasteiger partial charge in [-0.15, -0.1) is 0 Å². The summed E-state index contributed by atoms with van der Waals surface area (Å²) in [5.41, 5.74) is -0.973. The third kappa shape index (κ3) is 2.34. The van der Waals surface area contributed by atoms with Crippen LogP contribution in [-0.2, 0) is 4.74 Å². The molecule has 8 heteroatoms. The average Bonchev–Trinajstić information content (AvgIpc) is 2.70. The molecule has 0 saturated carbocycles. The monoisotopic (exact) mass is 273 g/mol. The Balaban J connectivity index is 2.41. The average molecular weight is 273 g/mol. The number of halogens is 1. The van der Waals surface area contributed by atoms with E-state index in [1.807, 2.05) is 0 Å². The molecule has 7 nitrogen and oxygen atoms in total. The van der Waals surface area contributed by atoms with Crippen LogP contribution in [-0.4, -0.2) is 46.6 Å². The Bertz CT molecular complexity index is 570. The van der Waals surface area contributed by atoms with Crippen molar-refractivity contribution in [3.63, 3.8) is 0 Å². The molecular formula is C11H16FN3O4. The Hall–Kier alpha value is -1.51. The SMILES string of the molecule is CN[C@@H]1[C@H](F)C(n2cc(C)c(=O)[nH]c2=O)O[C@@H]1CO. The molecule has 4 atom stereocenters. The number of aliphatic hydroxyl groups excluding tert-OH is 1. The van der Waals surface area contributed by atoms with E-state index in [4.69, 9.17) is 9.84 Å². The molecule has 0 aromatic carbocycles. The highest BCUT2D eigenvalue weighted by atomic mass is 19.1. The molecule has 19 heavy (non-hydrogen) atoms. The first-order chi connectivity index (χ1) is 8.99. The first-order valence-corrected chi connectivity index (χ1v) is 5.89. The van der Waals surface area contributed by atoms with E-state index >= 15 is 0 Å². The van der Waals surface area contributed by atoms with Gasteiger partial charge in [-0.2, -0.15) is 0 Å². The van der Waals surface area contributed by atoms with Crippen LogP contribution in [0.15, 0.2) is 15.8 Å². The fourth-order valence-electron chi connectivity index (χ4n) is 2.22. The lowest BCUT2D eigenvalue weighted by atomic mass is 10.1. The van der Waals surface area contributed by atoms with Crippen molar-refractivity contribution < 1.29 is 14.2 Å². The number of nitrogens with zero attached hydrogens (tertiary/aromatic N) is 1. The summed E-state index contributed by atoms with van der Waals surface area (Å²) in [6.07, 6.45) is -2.17. The van der Waals surface area contributed by atoms with Gasteiger partial charge in [0.25, 0.3) is 5.56 Å². The Labute approximate surface area is 108 Å². The van der Waals surface area contributed by atoms with Crippen molar-refractivity contribution in [3.8, 4) is 0 Å². The molecule has 106 valence electrons. The maximum atomic E-state index is 14.2. The van der Waals surface area contributed by atoms with E-state index in [0.29, 0.717) is 0 Å². The molecule has 0 amide bonds. The largest absolute Gasteiger partial charge is 0.394 e. The lowest BCUT2D eigenvalue weighted by molar-refractivity contribution is -0.0409. The number of aromatic amines is 1. The van der Waals surface area contributed by atoms with Crippen molar-refractivity contribution >= 4 is 0 Å². The molecule has 2 rings (SSSR count). The van der Waals surface area contributed by atoms with E-state index in [9.17, 15) is 14.0 Å². The van der Waals surface area contributed by atoms with Gasteiger partial charge in [0, 0.05) is 11.8 Å². The van der Waals surface area contributed by atoms with E-state index in [2.05, 4.69) is 10.3 Å². The van der Waals surface area contributed by atoms with Crippen LogP contribution in [0.5, 0.6) is 0 Å². The highest BCUT2D eigenvalue weighted by Gasteiger charge is 2.45. The normalized spacial score (nSPS) is 30.7. The molecule has 0 bridgehead atoms. The topological polar surface area (TPSA) is 96.4 Å². The number of ether oxygens (including phenoxy) is 1. The minimum atomic E-state index is -1.51. The van der Waals surface area contributed by atoms with Crippen molar-refractivity contribution in [2.45, 2.75) is 31.5 Å². The summed E-state index contributed by atoms with van der Waals surface area (Å²) in [7, 11) is 1.55. The van der Waals surface area contributed by atoms with Crippen LogP contribution in [0.3, 0.4) is 0 Å². The number of hydrogen-bond acceptors (Lipinski definition) is 5. The number of aryl methyl sites for hydroxylation is 1. The second kappa shape index (κ2) is 5.24. The highest BCUT2D eigenvalue weighted by Crippen LogP contribution is 2.30. The fourth-order valence-corrected chi connectivity index (χ4v) is 2.22. The van der Waals surface area contributed by atoms with Crippen molar-refractivity contribution in [1.29, 1.82) is 0 Å². The maximum Gasteiger partial charge on any atom is 0.330 e. The Morgan fingerprint density at radius 2 is 2.26 bits per heavy atom. The molecule has 1 aromatic rings. The summed E-state index contributed by atoms with van der Waals surface area (Å²) in [5, 5.41) is 11.9. The fraction of sp³-hybridized carbons (Fsp3) is 0.636. The van der Waals surface area contributed by atoms with Crippen LogP contribution in [0.25, 0.3) is 0 Å². The first kappa shape index (κ1) is 13.9. The van der Waals surface area contributed by atoms with Crippen LogP contribution in [0.1, 0.15) is 11.8 Å². The predicted molar refractivity (Wildman–Crippen MR) is 64.8 cm³/mol. The summed E-state index contributed by atoms with van der Waals surface area (Å²) in [4.78, 5) is 25.1. The van der Waals surface area contributed by atoms with Crippen LogP contribution in [0.4, 0.5) is 4.39 Å². The van der Waals surface area contributed by atoms with E-state index in [1.165, 1.54) is 13.1 Å².